The second-order valence-corrected chi connectivity index (χ2v) is 5.61. The lowest BCUT2D eigenvalue weighted by molar-refractivity contribution is -0.0000192. The highest BCUT2D eigenvalue weighted by atomic mass is 35.5. The van der Waals surface area contributed by atoms with Crippen LogP contribution in [0.2, 0.25) is 5.02 Å². The minimum atomic E-state index is -0.374. The highest BCUT2D eigenvalue weighted by molar-refractivity contribution is 6.30. The minimum Gasteiger partial charge on any atom is -1.00 e. The van der Waals surface area contributed by atoms with Gasteiger partial charge in [0.25, 0.3) is 0 Å². The molecule has 0 atom stereocenters. The fraction of sp³-hybridized carbons (Fsp3) is 0.111. The molecule has 0 aliphatic rings. The topological polar surface area (TPSA) is 51.2 Å². The quantitative estimate of drug-likeness (QED) is 0.721. The summed E-state index contributed by atoms with van der Waals surface area (Å²) >= 11 is 6.03. The Bertz CT molecular complexity index is 897. The fourth-order valence-electron chi connectivity index (χ4n) is 2.43. The maximum absolute atomic E-state index is 11.8. The molecule has 0 aliphatic carbocycles. The first-order valence-corrected chi connectivity index (χ1v) is 7.47. The number of fused-ring (bicyclic) bond motifs is 1. The third-order valence-corrected chi connectivity index (χ3v) is 3.70. The van der Waals surface area contributed by atoms with E-state index in [-0.39, 0.29) is 18.4 Å². The molecule has 0 amide bonds. The van der Waals surface area contributed by atoms with Crippen LogP contribution >= 0.6 is 11.6 Å². The predicted octanol–water partition coefficient (Wildman–Crippen LogP) is 1.73. The van der Waals surface area contributed by atoms with Gasteiger partial charge in [-0.1, -0.05) is 17.7 Å². The van der Waals surface area contributed by atoms with E-state index in [4.69, 9.17) is 16.3 Å². The largest absolute Gasteiger partial charge is 1.00 e. The Morgan fingerprint density at radius 2 is 1.96 bits per heavy atom. The van der Waals surface area contributed by atoms with Gasteiger partial charge in [0.05, 0.1) is 18.2 Å². The van der Waals surface area contributed by atoms with E-state index in [1.54, 1.807) is 12.1 Å². The van der Waals surface area contributed by atoms with Crippen LogP contribution in [0.3, 0.4) is 0 Å². The average Bonchev–Trinajstić information content (AvgIpc) is 2.53. The summed E-state index contributed by atoms with van der Waals surface area (Å²) in [5, 5.41) is 4.84. The highest BCUT2D eigenvalue weighted by Gasteiger charge is 2.10. The summed E-state index contributed by atoms with van der Waals surface area (Å²) in [6.45, 7) is 1.93. The molecule has 1 N–H and O–H groups in total. The number of aryl methyl sites for hydroxylation is 1. The van der Waals surface area contributed by atoms with Crippen LogP contribution in [0.25, 0.3) is 10.9 Å². The lowest BCUT2D eigenvalue weighted by Crippen LogP contribution is -3.00. The van der Waals surface area contributed by atoms with E-state index >= 15 is 0 Å². The number of hydrogen-bond acceptors (Lipinski definition) is 4. The normalized spacial score (nSPS) is 10.1. The van der Waals surface area contributed by atoms with Crippen LogP contribution in [0.5, 0.6) is 0 Å². The lowest BCUT2D eigenvalue weighted by Gasteiger charge is -2.12. The van der Waals surface area contributed by atoms with E-state index in [2.05, 4.69) is 10.3 Å². The maximum Gasteiger partial charge on any atom is 0.337 e. The standard InChI is InChI=1S/C18H15ClN2O2.ClH/c1-11-8-17(21-14-5-3-4-13(19)10-14)15-9-12(18(22)23-2)6-7-16(15)20-11;/h3-10H,1-2H3,(H,20,21);1H/p-1. The number of ether oxygens (including phenoxy) is 1. The zero-order chi connectivity index (χ0) is 16.4. The molecule has 124 valence electrons. The summed E-state index contributed by atoms with van der Waals surface area (Å²) in [5.41, 5.74) is 3.91. The van der Waals surface area contributed by atoms with E-state index in [1.807, 2.05) is 43.3 Å². The number of pyridine rings is 1. The van der Waals surface area contributed by atoms with Crippen molar-refractivity contribution < 1.29 is 21.9 Å². The number of nitrogens with zero attached hydrogens (tertiary/aromatic N) is 1. The molecule has 6 heteroatoms. The van der Waals surface area contributed by atoms with Gasteiger partial charge >= 0.3 is 5.97 Å². The number of esters is 1. The van der Waals surface area contributed by atoms with Crippen LogP contribution < -0.4 is 17.7 Å². The Hall–Kier alpha value is -2.30. The number of carbonyl (C=O) groups is 1. The molecule has 24 heavy (non-hydrogen) atoms. The Morgan fingerprint density at radius 1 is 1.17 bits per heavy atom. The summed E-state index contributed by atoms with van der Waals surface area (Å²) in [7, 11) is 1.37. The molecule has 0 fully saturated rings. The van der Waals surface area contributed by atoms with Crippen molar-refractivity contribution in [2.24, 2.45) is 0 Å². The summed E-state index contributed by atoms with van der Waals surface area (Å²) in [6, 6.07) is 14.7. The van der Waals surface area contributed by atoms with Crippen molar-refractivity contribution in [2.75, 3.05) is 12.4 Å². The molecule has 3 rings (SSSR count). The van der Waals surface area contributed by atoms with Crippen molar-refractivity contribution in [2.45, 2.75) is 6.92 Å². The summed E-state index contributed by atoms with van der Waals surface area (Å²) in [6.07, 6.45) is 0. The molecule has 0 bridgehead atoms. The van der Waals surface area contributed by atoms with Gasteiger partial charge in [0.15, 0.2) is 0 Å². The molecular formula is C18H15Cl2N2O2-. The highest BCUT2D eigenvalue weighted by Crippen LogP contribution is 2.28. The van der Waals surface area contributed by atoms with Crippen molar-refractivity contribution in [3.05, 3.63) is 64.8 Å². The molecular weight excluding hydrogens is 347 g/mol. The zero-order valence-corrected chi connectivity index (χ0v) is 14.7. The number of hydrogen-bond donors (Lipinski definition) is 1. The van der Waals surface area contributed by atoms with Crippen LogP contribution in [0.15, 0.2) is 48.5 Å². The molecule has 0 saturated heterocycles. The molecule has 0 aliphatic heterocycles. The molecule has 1 heterocycles. The van der Waals surface area contributed by atoms with Crippen LogP contribution in [0.1, 0.15) is 16.1 Å². The third kappa shape index (κ3) is 3.78. The summed E-state index contributed by atoms with van der Waals surface area (Å²) < 4.78 is 4.79. The Labute approximate surface area is 151 Å². The number of aromatic nitrogens is 1. The van der Waals surface area contributed by atoms with E-state index in [9.17, 15) is 4.79 Å². The number of anilines is 2. The smallest absolute Gasteiger partial charge is 0.337 e. The van der Waals surface area contributed by atoms with E-state index in [1.165, 1.54) is 7.11 Å². The molecule has 3 aromatic rings. The van der Waals surface area contributed by atoms with Gasteiger partial charge in [-0.2, -0.15) is 0 Å². The molecule has 1 aromatic heterocycles. The minimum absolute atomic E-state index is 0. The number of carbonyl (C=O) groups excluding carboxylic acids is 1. The van der Waals surface area contributed by atoms with Gasteiger partial charge in [-0.25, -0.2) is 4.79 Å². The van der Waals surface area contributed by atoms with Crippen molar-refractivity contribution in [3.8, 4) is 0 Å². The Kier molecular flexibility index (Phi) is 5.65. The first kappa shape index (κ1) is 18.0. The van der Waals surface area contributed by atoms with Crippen molar-refractivity contribution in [1.82, 2.24) is 4.98 Å². The SMILES string of the molecule is COC(=O)c1ccc2nc(C)cc(Nc3cccc(Cl)c3)c2c1.[Cl-]. The molecule has 2 aromatic carbocycles. The van der Waals surface area contributed by atoms with Gasteiger partial charge in [-0.15, -0.1) is 0 Å². The molecule has 0 saturated carbocycles. The van der Waals surface area contributed by atoms with Gasteiger partial charge in [0.2, 0.25) is 0 Å². The number of benzene rings is 2. The second kappa shape index (κ2) is 7.51. The van der Waals surface area contributed by atoms with E-state index in [0.717, 1.165) is 28.0 Å². The van der Waals surface area contributed by atoms with Crippen LogP contribution in [0.4, 0.5) is 11.4 Å². The van der Waals surface area contributed by atoms with Crippen molar-refractivity contribution >= 4 is 39.8 Å². The van der Waals surface area contributed by atoms with Crippen molar-refractivity contribution in [1.29, 1.82) is 0 Å². The molecule has 4 nitrogen and oxygen atoms in total. The lowest BCUT2D eigenvalue weighted by atomic mass is 10.1. The first-order chi connectivity index (χ1) is 11.1. The maximum atomic E-state index is 11.8. The van der Waals surface area contributed by atoms with E-state index < -0.39 is 0 Å². The van der Waals surface area contributed by atoms with Gasteiger partial charge in [0, 0.05) is 27.5 Å². The van der Waals surface area contributed by atoms with Crippen LogP contribution in [-0.2, 0) is 4.74 Å². The monoisotopic (exact) mass is 361 g/mol. The number of methoxy groups -OCH3 is 1. The molecule has 0 unspecified atom stereocenters. The fourth-order valence-corrected chi connectivity index (χ4v) is 2.62. The molecule has 0 radical (unpaired) electrons. The Morgan fingerprint density at radius 3 is 2.67 bits per heavy atom. The average molecular weight is 362 g/mol. The number of nitrogens with one attached hydrogen (secondary N) is 1. The van der Waals surface area contributed by atoms with Gasteiger partial charge in [-0.05, 0) is 49.4 Å². The zero-order valence-electron chi connectivity index (χ0n) is 13.1. The van der Waals surface area contributed by atoms with Crippen LogP contribution in [-0.4, -0.2) is 18.1 Å². The summed E-state index contributed by atoms with van der Waals surface area (Å²) in [5.74, 6) is -0.374. The summed E-state index contributed by atoms with van der Waals surface area (Å²) in [4.78, 5) is 16.3. The third-order valence-electron chi connectivity index (χ3n) is 3.46. The van der Waals surface area contributed by atoms with Gasteiger partial charge < -0.3 is 22.5 Å². The second-order valence-electron chi connectivity index (χ2n) is 5.17. The van der Waals surface area contributed by atoms with Gasteiger partial charge in [0.1, 0.15) is 0 Å². The van der Waals surface area contributed by atoms with Crippen molar-refractivity contribution in [3.63, 3.8) is 0 Å². The predicted molar refractivity (Wildman–Crippen MR) is 92.6 cm³/mol. The number of rotatable bonds is 3. The Balaban J connectivity index is 0.00000208. The van der Waals surface area contributed by atoms with Gasteiger partial charge in [-0.3, -0.25) is 4.98 Å². The van der Waals surface area contributed by atoms with Crippen LogP contribution in [0, 0.1) is 6.92 Å². The van der Waals surface area contributed by atoms with E-state index in [0.29, 0.717) is 10.6 Å². The number of halogens is 2. The molecule has 0 spiro atoms. The first-order valence-electron chi connectivity index (χ1n) is 7.09.